The van der Waals surface area contributed by atoms with Gasteiger partial charge in [-0.15, -0.1) is 0 Å². The van der Waals surface area contributed by atoms with Crippen LogP contribution < -0.4 is 0 Å². The molecule has 1 aromatic carbocycles. The van der Waals surface area contributed by atoms with Crippen LogP contribution in [0, 0.1) is 0 Å². The maximum Gasteiger partial charge on any atom is 0.253 e. The number of piperazine rings is 1. The third-order valence-electron chi connectivity index (χ3n) is 4.39. The van der Waals surface area contributed by atoms with Gasteiger partial charge in [-0.1, -0.05) is 18.2 Å². The summed E-state index contributed by atoms with van der Waals surface area (Å²) in [6.07, 6.45) is 4.83. The lowest BCUT2D eigenvalue weighted by Crippen LogP contribution is -2.48. The Labute approximate surface area is 154 Å². The van der Waals surface area contributed by atoms with E-state index in [0.717, 1.165) is 19.6 Å². The van der Waals surface area contributed by atoms with Gasteiger partial charge in [0.15, 0.2) is 9.84 Å². The number of hydrogen-bond donors (Lipinski definition) is 0. The van der Waals surface area contributed by atoms with Crippen LogP contribution in [0.5, 0.6) is 0 Å². The normalized spacial score (nSPS) is 15.8. The first-order valence-electron chi connectivity index (χ1n) is 8.58. The minimum atomic E-state index is -3.12. The Kier molecular flexibility index (Phi) is 5.68. The monoisotopic (exact) mass is 373 g/mol. The smallest absolute Gasteiger partial charge is 0.253 e. The van der Waals surface area contributed by atoms with Crippen LogP contribution in [0.4, 0.5) is 0 Å². The van der Waals surface area contributed by atoms with Gasteiger partial charge in [-0.3, -0.25) is 14.7 Å². The van der Waals surface area contributed by atoms with Gasteiger partial charge in [0.1, 0.15) is 0 Å². The van der Waals surface area contributed by atoms with E-state index in [2.05, 4.69) is 16.0 Å². The van der Waals surface area contributed by atoms with Gasteiger partial charge in [0.25, 0.3) is 5.91 Å². The fourth-order valence-corrected chi connectivity index (χ4v) is 3.92. The lowest BCUT2D eigenvalue weighted by molar-refractivity contribution is 0.0628. The summed E-state index contributed by atoms with van der Waals surface area (Å²) in [6.45, 7) is 3.78. The molecule has 0 atom stereocenters. The van der Waals surface area contributed by atoms with E-state index in [1.165, 1.54) is 11.8 Å². The van der Waals surface area contributed by atoms with Crippen LogP contribution in [0.25, 0.3) is 0 Å². The quantitative estimate of drug-likeness (QED) is 0.796. The molecule has 0 N–H and O–H groups in total. The Morgan fingerprint density at radius 2 is 1.81 bits per heavy atom. The van der Waals surface area contributed by atoms with Crippen molar-refractivity contribution in [3.63, 3.8) is 0 Å². The molecule has 0 bridgehead atoms. The number of amides is 1. The molecule has 0 unspecified atom stereocenters. The van der Waals surface area contributed by atoms with E-state index < -0.39 is 9.84 Å². The van der Waals surface area contributed by atoms with Crippen LogP contribution >= 0.6 is 0 Å². The minimum absolute atomic E-state index is 0.0404. The van der Waals surface area contributed by atoms with Gasteiger partial charge in [0.2, 0.25) is 0 Å². The number of benzene rings is 1. The zero-order valence-electron chi connectivity index (χ0n) is 14.8. The topological polar surface area (TPSA) is 70.6 Å². The zero-order valence-corrected chi connectivity index (χ0v) is 15.7. The van der Waals surface area contributed by atoms with Crippen molar-refractivity contribution in [2.24, 2.45) is 0 Å². The van der Waals surface area contributed by atoms with E-state index in [4.69, 9.17) is 0 Å². The highest BCUT2D eigenvalue weighted by Crippen LogP contribution is 2.14. The van der Waals surface area contributed by atoms with E-state index in [-0.39, 0.29) is 11.7 Å². The van der Waals surface area contributed by atoms with Crippen LogP contribution in [0.2, 0.25) is 0 Å². The second kappa shape index (κ2) is 7.97. The molecule has 1 saturated heterocycles. The maximum absolute atomic E-state index is 12.7. The van der Waals surface area contributed by atoms with E-state index in [1.807, 2.05) is 17.2 Å². The predicted molar refractivity (Wildman–Crippen MR) is 100 cm³/mol. The van der Waals surface area contributed by atoms with Gasteiger partial charge >= 0.3 is 0 Å². The first kappa shape index (κ1) is 18.5. The van der Waals surface area contributed by atoms with Crippen LogP contribution in [0.15, 0.2) is 48.8 Å². The summed E-state index contributed by atoms with van der Waals surface area (Å²) < 4.78 is 22.9. The fraction of sp³-hybridized carbons (Fsp3) is 0.368. The molecule has 1 fully saturated rings. The highest BCUT2D eigenvalue weighted by Gasteiger charge is 2.22. The fourth-order valence-electron chi connectivity index (χ4n) is 3.14. The van der Waals surface area contributed by atoms with Crippen LogP contribution in [0.1, 0.15) is 21.5 Å². The van der Waals surface area contributed by atoms with E-state index in [9.17, 15) is 13.2 Å². The molecular weight excluding hydrogens is 350 g/mol. The van der Waals surface area contributed by atoms with E-state index in [0.29, 0.717) is 24.2 Å². The van der Waals surface area contributed by atoms with Gasteiger partial charge in [0, 0.05) is 56.9 Å². The van der Waals surface area contributed by atoms with Gasteiger partial charge in [-0.25, -0.2) is 8.42 Å². The van der Waals surface area contributed by atoms with Gasteiger partial charge in [0.05, 0.1) is 5.75 Å². The Balaban J connectivity index is 1.59. The predicted octanol–water partition coefficient (Wildman–Crippen LogP) is 1.58. The van der Waals surface area contributed by atoms with E-state index >= 15 is 0 Å². The highest BCUT2D eigenvalue weighted by molar-refractivity contribution is 7.89. The highest BCUT2D eigenvalue weighted by atomic mass is 32.2. The minimum Gasteiger partial charge on any atom is -0.336 e. The van der Waals surface area contributed by atoms with Crippen LogP contribution in [-0.4, -0.2) is 61.5 Å². The van der Waals surface area contributed by atoms with Crippen molar-refractivity contribution in [2.75, 3.05) is 32.4 Å². The molecule has 1 aromatic heterocycles. The third-order valence-corrected chi connectivity index (χ3v) is 5.25. The summed E-state index contributed by atoms with van der Waals surface area (Å²) in [5.41, 5.74) is 2.36. The molecule has 0 saturated carbocycles. The molecular formula is C19H23N3O3S. The zero-order chi connectivity index (χ0) is 18.6. The number of pyridine rings is 1. The maximum atomic E-state index is 12.7. The van der Waals surface area contributed by atoms with Gasteiger partial charge in [-0.2, -0.15) is 0 Å². The second-order valence-corrected chi connectivity index (χ2v) is 8.84. The van der Waals surface area contributed by atoms with Crippen molar-refractivity contribution in [2.45, 2.75) is 12.3 Å². The number of rotatable bonds is 5. The average molecular weight is 373 g/mol. The summed E-state index contributed by atoms with van der Waals surface area (Å²) >= 11 is 0. The number of aromatic nitrogens is 1. The summed E-state index contributed by atoms with van der Waals surface area (Å²) in [5, 5.41) is 0. The molecule has 1 amide bonds. The molecule has 138 valence electrons. The average Bonchev–Trinajstić information content (AvgIpc) is 2.61. The molecule has 3 rings (SSSR count). The molecule has 26 heavy (non-hydrogen) atoms. The Hall–Kier alpha value is -2.25. The lowest BCUT2D eigenvalue weighted by Gasteiger charge is -2.34. The Morgan fingerprint density at radius 3 is 2.46 bits per heavy atom. The molecule has 7 heteroatoms. The number of nitrogens with zero attached hydrogens (tertiary/aromatic N) is 3. The summed E-state index contributed by atoms with van der Waals surface area (Å²) in [6, 6.07) is 10.9. The van der Waals surface area contributed by atoms with Crippen LogP contribution in [0.3, 0.4) is 0 Å². The molecule has 1 aliphatic rings. The van der Waals surface area contributed by atoms with E-state index in [1.54, 1.807) is 30.5 Å². The van der Waals surface area contributed by atoms with Crippen molar-refractivity contribution in [1.82, 2.24) is 14.8 Å². The van der Waals surface area contributed by atoms with Crippen molar-refractivity contribution in [1.29, 1.82) is 0 Å². The first-order valence-corrected chi connectivity index (χ1v) is 10.6. The SMILES string of the molecule is CS(=O)(=O)Cc1cccc(C(=O)N2CCN(Cc3cccnc3)CC2)c1. The molecule has 6 nitrogen and oxygen atoms in total. The van der Waals surface area contributed by atoms with Crippen molar-refractivity contribution in [3.8, 4) is 0 Å². The lowest BCUT2D eigenvalue weighted by atomic mass is 10.1. The second-order valence-electron chi connectivity index (χ2n) is 6.70. The van der Waals surface area contributed by atoms with Crippen molar-refractivity contribution < 1.29 is 13.2 Å². The standard InChI is InChI=1S/C19H23N3O3S/c1-26(24,25)15-16-4-2-6-18(12-16)19(23)22-10-8-21(9-11-22)14-17-5-3-7-20-13-17/h2-7,12-13H,8-11,14-15H2,1H3. The molecule has 2 heterocycles. The van der Waals surface area contributed by atoms with Gasteiger partial charge in [-0.05, 0) is 29.3 Å². The van der Waals surface area contributed by atoms with Gasteiger partial charge < -0.3 is 4.90 Å². The van der Waals surface area contributed by atoms with Crippen molar-refractivity contribution >= 4 is 15.7 Å². The number of hydrogen-bond acceptors (Lipinski definition) is 5. The molecule has 0 spiro atoms. The first-order chi connectivity index (χ1) is 12.4. The Bertz CT molecular complexity index is 861. The summed E-state index contributed by atoms with van der Waals surface area (Å²) in [5.74, 6) is -0.0890. The molecule has 0 radical (unpaired) electrons. The number of carbonyl (C=O) groups is 1. The molecule has 0 aliphatic carbocycles. The number of sulfone groups is 1. The Morgan fingerprint density at radius 1 is 1.08 bits per heavy atom. The molecule has 1 aliphatic heterocycles. The summed E-state index contributed by atoms with van der Waals surface area (Å²) in [4.78, 5) is 21.0. The largest absolute Gasteiger partial charge is 0.336 e. The third kappa shape index (κ3) is 5.12. The molecule has 2 aromatic rings. The van der Waals surface area contributed by atoms with Crippen LogP contribution in [-0.2, 0) is 22.1 Å². The summed E-state index contributed by atoms with van der Waals surface area (Å²) in [7, 11) is -3.12. The number of carbonyl (C=O) groups excluding carboxylic acids is 1. The van der Waals surface area contributed by atoms with Crippen molar-refractivity contribution in [3.05, 3.63) is 65.5 Å².